The molecule has 3 aromatic rings. The van der Waals surface area contributed by atoms with Crippen LogP contribution in [0, 0.1) is 0 Å². The Hall–Kier alpha value is -2.43. The molecular formula is C13H13N5. The van der Waals surface area contributed by atoms with Crippen molar-refractivity contribution >= 4 is 11.3 Å². The van der Waals surface area contributed by atoms with Gasteiger partial charge < -0.3 is 5.32 Å². The summed E-state index contributed by atoms with van der Waals surface area (Å²) in [5.74, 6) is 0.918. The molecule has 0 bridgehead atoms. The first-order chi connectivity index (χ1) is 8.93. The Morgan fingerprint density at radius 1 is 1.06 bits per heavy atom. The Morgan fingerprint density at radius 2 is 1.94 bits per heavy atom. The molecule has 0 aliphatic carbocycles. The van der Waals surface area contributed by atoms with Gasteiger partial charge in [0.25, 0.3) is 0 Å². The van der Waals surface area contributed by atoms with Gasteiger partial charge in [0.15, 0.2) is 5.65 Å². The average Bonchev–Trinajstić information content (AvgIpc) is 2.84. The summed E-state index contributed by atoms with van der Waals surface area (Å²) in [7, 11) is 0. The molecule has 0 aliphatic heterocycles. The second-order valence-electron chi connectivity index (χ2n) is 3.97. The molecule has 0 spiro atoms. The van der Waals surface area contributed by atoms with Crippen molar-refractivity contribution in [2.24, 2.45) is 0 Å². The first kappa shape index (κ1) is 10.7. The van der Waals surface area contributed by atoms with Crippen LogP contribution in [0.2, 0.25) is 0 Å². The summed E-state index contributed by atoms with van der Waals surface area (Å²) >= 11 is 0. The predicted molar refractivity (Wildman–Crippen MR) is 69.4 cm³/mol. The molecule has 5 nitrogen and oxygen atoms in total. The minimum absolute atomic E-state index is 0.807. The fourth-order valence-electron chi connectivity index (χ4n) is 1.84. The third-order valence-electron chi connectivity index (χ3n) is 2.74. The van der Waals surface area contributed by atoms with Gasteiger partial charge in [-0.15, -0.1) is 10.2 Å². The molecule has 90 valence electrons. The molecule has 2 aromatic heterocycles. The lowest BCUT2D eigenvalue weighted by Gasteiger charge is -2.04. The standard InChI is InChI=1S/C13H13N5/c1-2-4-11(5-3-1)15-9-7-13-17-16-12-6-8-14-10-18(12)13/h1-6,8,10,15H,7,9H2. The van der Waals surface area contributed by atoms with Crippen LogP contribution in [0.15, 0.2) is 48.9 Å². The van der Waals surface area contributed by atoms with Crippen LogP contribution in [0.5, 0.6) is 0 Å². The second kappa shape index (κ2) is 4.83. The van der Waals surface area contributed by atoms with Crippen molar-refractivity contribution < 1.29 is 0 Å². The third kappa shape index (κ3) is 2.15. The summed E-state index contributed by atoms with van der Waals surface area (Å²) in [6.07, 6.45) is 4.27. The van der Waals surface area contributed by atoms with Gasteiger partial charge in [-0.1, -0.05) is 18.2 Å². The molecule has 1 N–H and O–H groups in total. The molecule has 0 aliphatic rings. The Kier molecular flexibility index (Phi) is 2.87. The molecule has 18 heavy (non-hydrogen) atoms. The van der Waals surface area contributed by atoms with E-state index in [-0.39, 0.29) is 0 Å². The minimum atomic E-state index is 0.807. The summed E-state index contributed by atoms with van der Waals surface area (Å²) in [4.78, 5) is 4.07. The molecule has 3 rings (SSSR count). The summed E-state index contributed by atoms with van der Waals surface area (Å²) in [5, 5.41) is 11.6. The van der Waals surface area contributed by atoms with Crippen LogP contribution < -0.4 is 5.32 Å². The number of hydrogen-bond acceptors (Lipinski definition) is 4. The van der Waals surface area contributed by atoms with Gasteiger partial charge in [-0.3, -0.25) is 4.40 Å². The number of nitrogens with one attached hydrogen (secondary N) is 1. The van der Waals surface area contributed by atoms with Crippen molar-refractivity contribution in [2.75, 3.05) is 11.9 Å². The number of fused-ring (bicyclic) bond motifs is 1. The average molecular weight is 239 g/mol. The number of benzene rings is 1. The van der Waals surface area contributed by atoms with Crippen molar-refractivity contribution in [3.05, 3.63) is 54.7 Å². The lowest BCUT2D eigenvalue weighted by atomic mass is 10.3. The Labute approximate surface area is 105 Å². The first-order valence-corrected chi connectivity index (χ1v) is 5.86. The smallest absolute Gasteiger partial charge is 0.163 e. The molecule has 0 fully saturated rings. The van der Waals surface area contributed by atoms with Gasteiger partial charge in [0, 0.05) is 30.9 Å². The zero-order chi connectivity index (χ0) is 12.2. The number of nitrogens with zero attached hydrogens (tertiary/aromatic N) is 4. The van der Waals surface area contributed by atoms with E-state index in [9.17, 15) is 0 Å². The molecule has 1 aromatic carbocycles. The summed E-state index contributed by atoms with van der Waals surface area (Å²) in [5.41, 5.74) is 1.95. The molecule has 0 unspecified atom stereocenters. The van der Waals surface area contributed by atoms with Gasteiger partial charge in [-0.25, -0.2) is 4.98 Å². The Bertz CT molecular complexity index is 632. The number of para-hydroxylation sites is 1. The monoisotopic (exact) mass is 239 g/mol. The Balaban J connectivity index is 1.67. The van der Waals surface area contributed by atoms with Crippen molar-refractivity contribution in [2.45, 2.75) is 6.42 Å². The van der Waals surface area contributed by atoms with Gasteiger partial charge in [0.05, 0.1) is 0 Å². The molecule has 0 saturated carbocycles. The highest BCUT2D eigenvalue weighted by molar-refractivity contribution is 5.42. The summed E-state index contributed by atoms with van der Waals surface area (Å²) in [6.45, 7) is 0.819. The van der Waals surface area contributed by atoms with E-state index in [1.54, 1.807) is 12.5 Å². The first-order valence-electron chi connectivity index (χ1n) is 5.86. The van der Waals surface area contributed by atoms with Crippen LogP contribution in [0.3, 0.4) is 0 Å². The molecule has 2 heterocycles. The van der Waals surface area contributed by atoms with Crippen LogP contribution >= 0.6 is 0 Å². The third-order valence-corrected chi connectivity index (χ3v) is 2.74. The normalized spacial score (nSPS) is 10.7. The van der Waals surface area contributed by atoms with Gasteiger partial charge in [-0.2, -0.15) is 0 Å². The van der Waals surface area contributed by atoms with Crippen LogP contribution in [0.25, 0.3) is 5.65 Å². The predicted octanol–water partition coefficient (Wildman–Crippen LogP) is 1.78. The summed E-state index contributed by atoms with van der Waals surface area (Å²) in [6, 6.07) is 12.0. The van der Waals surface area contributed by atoms with Crippen molar-refractivity contribution in [3.8, 4) is 0 Å². The van der Waals surface area contributed by atoms with Crippen molar-refractivity contribution in [1.82, 2.24) is 19.6 Å². The van der Waals surface area contributed by atoms with Gasteiger partial charge in [-0.05, 0) is 12.1 Å². The number of rotatable bonds is 4. The SMILES string of the molecule is c1ccc(NCCc2nnc3ccncn23)cc1. The second-order valence-corrected chi connectivity index (χ2v) is 3.97. The maximum Gasteiger partial charge on any atom is 0.163 e. The highest BCUT2D eigenvalue weighted by Crippen LogP contribution is 2.06. The van der Waals surface area contributed by atoms with Gasteiger partial charge in [0.1, 0.15) is 12.2 Å². The van der Waals surface area contributed by atoms with E-state index < -0.39 is 0 Å². The fraction of sp³-hybridized carbons (Fsp3) is 0.154. The number of anilines is 1. The zero-order valence-corrected chi connectivity index (χ0v) is 9.82. The van der Waals surface area contributed by atoms with E-state index in [4.69, 9.17) is 0 Å². The molecule has 0 amide bonds. The van der Waals surface area contributed by atoms with E-state index >= 15 is 0 Å². The highest BCUT2D eigenvalue weighted by atomic mass is 15.3. The van der Waals surface area contributed by atoms with Gasteiger partial charge >= 0.3 is 0 Å². The topological polar surface area (TPSA) is 55.1 Å². The maximum absolute atomic E-state index is 4.16. The minimum Gasteiger partial charge on any atom is -0.385 e. The van der Waals surface area contributed by atoms with Gasteiger partial charge in [0.2, 0.25) is 0 Å². The van der Waals surface area contributed by atoms with Crippen LogP contribution in [0.1, 0.15) is 5.82 Å². The van der Waals surface area contributed by atoms with E-state index in [1.165, 1.54) is 0 Å². The number of aromatic nitrogens is 4. The molecule has 0 radical (unpaired) electrons. The van der Waals surface area contributed by atoms with E-state index in [1.807, 2.05) is 40.8 Å². The quantitative estimate of drug-likeness (QED) is 0.754. The molecule has 5 heteroatoms. The molecule has 0 atom stereocenters. The van der Waals surface area contributed by atoms with Crippen LogP contribution in [-0.2, 0) is 6.42 Å². The van der Waals surface area contributed by atoms with Crippen molar-refractivity contribution in [1.29, 1.82) is 0 Å². The lowest BCUT2D eigenvalue weighted by molar-refractivity contribution is 0.862. The molecule has 0 saturated heterocycles. The summed E-state index contributed by atoms with van der Waals surface area (Å²) < 4.78 is 1.91. The number of hydrogen-bond donors (Lipinski definition) is 1. The highest BCUT2D eigenvalue weighted by Gasteiger charge is 2.03. The van der Waals surface area contributed by atoms with Crippen molar-refractivity contribution in [3.63, 3.8) is 0 Å². The van der Waals surface area contributed by atoms with Crippen LogP contribution in [0.4, 0.5) is 5.69 Å². The largest absolute Gasteiger partial charge is 0.385 e. The zero-order valence-electron chi connectivity index (χ0n) is 9.82. The van der Waals surface area contributed by atoms with E-state index in [2.05, 4.69) is 20.5 Å². The Morgan fingerprint density at radius 3 is 2.83 bits per heavy atom. The fourth-order valence-corrected chi connectivity index (χ4v) is 1.84. The van der Waals surface area contributed by atoms with Crippen LogP contribution in [-0.4, -0.2) is 26.1 Å². The lowest BCUT2D eigenvalue weighted by Crippen LogP contribution is -2.07. The van der Waals surface area contributed by atoms with E-state index in [0.717, 1.165) is 30.1 Å². The maximum atomic E-state index is 4.16. The van der Waals surface area contributed by atoms with E-state index in [0.29, 0.717) is 0 Å². The molecular weight excluding hydrogens is 226 g/mol.